The highest BCUT2D eigenvalue weighted by molar-refractivity contribution is 6.33. The van der Waals surface area contributed by atoms with Crippen molar-refractivity contribution < 1.29 is 15.0 Å². The monoisotopic (exact) mass is 200 g/mol. The van der Waals surface area contributed by atoms with Gasteiger partial charge in [-0.1, -0.05) is 11.6 Å². The number of phenols is 2. The maximum absolute atomic E-state index is 11.1. The number of Topliss-reactive ketones (excluding diaryl/α,β-unsaturated/α-hetero) is 1. The zero-order valence-electron chi connectivity index (χ0n) is 7.26. The molecule has 2 N–H and O–H groups in total. The van der Waals surface area contributed by atoms with Gasteiger partial charge in [0.05, 0.1) is 10.6 Å². The van der Waals surface area contributed by atoms with Crippen LogP contribution in [-0.4, -0.2) is 16.0 Å². The van der Waals surface area contributed by atoms with E-state index < -0.39 is 0 Å². The van der Waals surface area contributed by atoms with Crippen LogP contribution in [-0.2, 0) is 0 Å². The minimum absolute atomic E-state index is 0.100. The first-order valence-corrected chi connectivity index (χ1v) is 4.05. The molecule has 0 aliphatic heterocycles. The number of halogens is 1. The van der Waals surface area contributed by atoms with Gasteiger partial charge in [0.1, 0.15) is 11.5 Å². The van der Waals surface area contributed by atoms with Gasteiger partial charge in [-0.2, -0.15) is 0 Å². The molecule has 0 saturated carbocycles. The van der Waals surface area contributed by atoms with Crippen LogP contribution in [0.5, 0.6) is 11.5 Å². The first-order valence-electron chi connectivity index (χ1n) is 3.67. The number of ketones is 1. The summed E-state index contributed by atoms with van der Waals surface area (Å²) in [4.78, 5) is 11.1. The fraction of sp³-hybridized carbons (Fsp3) is 0.222. The number of hydrogen-bond acceptors (Lipinski definition) is 3. The second kappa shape index (κ2) is 3.26. The van der Waals surface area contributed by atoms with Gasteiger partial charge < -0.3 is 10.2 Å². The molecule has 13 heavy (non-hydrogen) atoms. The van der Waals surface area contributed by atoms with Gasteiger partial charge in [0, 0.05) is 6.07 Å². The van der Waals surface area contributed by atoms with Crippen LogP contribution in [0.25, 0.3) is 0 Å². The predicted molar refractivity (Wildman–Crippen MR) is 49.5 cm³/mol. The topological polar surface area (TPSA) is 57.5 Å². The van der Waals surface area contributed by atoms with Crippen LogP contribution in [0.15, 0.2) is 6.07 Å². The van der Waals surface area contributed by atoms with Crippen molar-refractivity contribution in [1.82, 2.24) is 0 Å². The Morgan fingerprint density at radius 1 is 1.38 bits per heavy atom. The zero-order chi connectivity index (χ0) is 10.2. The summed E-state index contributed by atoms with van der Waals surface area (Å²) in [6, 6.07) is 1.06. The first-order chi connectivity index (χ1) is 5.95. The smallest absolute Gasteiger partial charge is 0.163 e. The third-order valence-corrected chi connectivity index (χ3v) is 2.29. The quantitative estimate of drug-likeness (QED) is 0.684. The summed E-state index contributed by atoms with van der Waals surface area (Å²) >= 11 is 5.69. The van der Waals surface area contributed by atoms with Crippen molar-refractivity contribution in [2.24, 2.45) is 0 Å². The number of benzene rings is 1. The first kappa shape index (κ1) is 9.86. The number of carbonyl (C=O) groups excluding carboxylic acids is 1. The van der Waals surface area contributed by atoms with Crippen molar-refractivity contribution in [3.8, 4) is 11.5 Å². The van der Waals surface area contributed by atoms with Gasteiger partial charge in [0.2, 0.25) is 0 Å². The SMILES string of the molecule is CC(=O)c1c(O)cc(O)c(Cl)c1C. The lowest BCUT2D eigenvalue weighted by molar-refractivity contribution is 0.101. The zero-order valence-corrected chi connectivity index (χ0v) is 8.01. The van der Waals surface area contributed by atoms with Gasteiger partial charge in [0.15, 0.2) is 5.78 Å². The summed E-state index contributed by atoms with van der Waals surface area (Å²) in [5.41, 5.74) is 0.550. The molecule has 1 rings (SSSR count). The molecule has 0 fully saturated rings. The van der Waals surface area contributed by atoms with Crippen LogP contribution in [0.2, 0.25) is 5.02 Å². The average molecular weight is 201 g/mol. The highest BCUT2D eigenvalue weighted by Crippen LogP contribution is 2.35. The number of aromatic hydroxyl groups is 2. The van der Waals surface area contributed by atoms with Crippen LogP contribution >= 0.6 is 11.6 Å². The lowest BCUT2D eigenvalue weighted by Gasteiger charge is -2.08. The summed E-state index contributed by atoms with van der Waals surface area (Å²) in [5, 5.41) is 18.6. The molecule has 0 amide bonds. The molecule has 0 atom stereocenters. The molecule has 0 spiro atoms. The number of phenolic OH excluding ortho intramolecular Hbond substituents is 2. The van der Waals surface area contributed by atoms with Crippen molar-refractivity contribution in [2.75, 3.05) is 0 Å². The fourth-order valence-electron chi connectivity index (χ4n) is 1.20. The fourth-order valence-corrected chi connectivity index (χ4v) is 1.35. The van der Waals surface area contributed by atoms with Crippen molar-refractivity contribution >= 4 is 17.4 Å². The van der Waals surface area contributed by atoms with Gasteiger partial charge in [0.25, 0.3) is 0 Å². The summed E-state index contributed by atoms with van der Waals surface area (Å²) < 4.78 is 0. The maximum Gasteiger partial charge on any atom is 0.163 e. The minimum atomic E-state index is -0.281. The summed E-state index contributed by atoms with van der Waals surface area (Å²) in [7, 11) is 0. The van der Waals surface area contributed by atoms with E-state index in [2.05, 4.69) is 0 Å². The summed E-state index contributed by atoms with van der Waals surface area (Å²) in [6.45, 7) is 2.90. The van der Waals surface area contributed by atoms with E-state index >= 15 is 0 Å². The molecule has 0 aromatic heterocycles. The Labute approximate surface area is 80.6 Å². The molecular weight excluding hydrogens is 192 g/mol. The molecule has 3 nitrogen and oxygen atoms in total. The van der Waals surface area contributed by atoms with Crippen LogP contribution < -0.4 is 0 Å². The number of carbonyl (C=O) groups is 1. The maximum atomic E-state index is 11.1. The molecule has 0 unspecified atom stereocenters. The van der Waals surface area contributed by atoms with Crippen molar-refractivity contribution in [3.63, 3.8) is 0 Å². The Hall–Kier alpha value is -1.22. The van der Waals surface area contributed by atoms with E-state index in [4.69, 9.17) is 11.6 Å². The second-order valence-corrected chi connectivity index (χ2v) is 3.16. The molecule has 0 radical (unpaired) electrons. The average Bonchev–Trinajstić information content (AvgIpc) is 1.99. The Bertz CT molecular complexity index is 372. The highest BCUT2D eigenvalue weighted by Gasteiger charge is 2.15. The van der Waals surface area contributed by atoms with E-state index in [1.54, 1.807) is 6.92 Å². The molecule has 4 heteroatoms. The molecule has 1 aromatic carbocycles. The van der Waals surface area contributed by atoms with Crippen molar-refractivity contribution in [2.45, 2.75) is 13.8 Å². The van der Waals surface area contributed by atoms with E-state index in [1.165, 1.54) is 6.92 Å². The molecule has 0 aliphatic carbocycles. The van der Waals surface area contributed by atoms with Crippen LogP contribution in [0.4, 0.5) is 0 Å². The largest absolute Gasteiger partial charge is 0.507 e. The van der Waals surface area contributed by atoms with Crippen LogP contribution in [0, 0.1) is 6.92 Å². The van der Waals surface area contributed by atoms with Crippen LogP contribution in [0.3, 0.4) is 0 Å². The lowest BCUT2D eigenvalue weighted by atomic mass is 10.0. The molecule has 1 aromatic rings. The third-order valence-electron chi connectivity index (χ3n) is 1.81. The molecule has 0 aliphatic rings. The number of rotatable bonds is 1. The third kappa shape index (κ3) is 1.60. The van der Waals surface area contributed by atoms with E-state index in [9.17, 15) is 15.0 Å². The standard InChI is InChI=1S/C9H9ClO3/c1-4-8(5(2)11)6(12)3-7(13)9(4)10/h3,12-13H,1-2H3. The predicted octanol–water partition coefficient (Wildman–Crippen LogP) is 2.26. The number of hydrogen-bond donors (Lipinski definition) is 2. The van der Waals surface area contributed by atoms with Gasteiger partial charge in [-0.3, -0.25) is 4.79 Å². The normalized spacial score (nSPS) is 10.1. The van der Waals surface area contributed by atoms with Crippen LogP contribution in [0.1, 0.15) is 22.8 Å². The van der Waals surface area contributed by atoms with Crippen molar-refractivity contribution in [1.29, 1.82) is 0 Å². The minimum Gasteiger partial charge on any atom is -0.507 e. The van der Waals surface area contributed by atoms with Crippen molar-refractivity contribution in [3.05, 3.63) is 22.2 Å². The van der Waals surface area contributed by atoms with E-state index in [-0.39, 0.29) is 27.9 Å². The Morgan fingerprint density at radius 3 is 2.38 bits per heavy atom. The summed E-state index contributed by atoms with van der Waals surface area (Å²) in [6.07, 6.45) is 0. The van der Waals surface area contributed by atoms with E-state index in [1.807, 2.05) is 0 Å². The Morgan fingerprint density at radius 2 is 1.92 bits per heavy atom. The molecule has 0 heterocycles. The molecule has 0 bridgehead atoms. The van der Waals surface area contributed by atoms with Gasteiger partial charge in [-0.15, -0.1) is 0 Å². The summed E-state index contributed by atoms with van der Waals surface area (Å²) in [5.74, 6) is -0.745. The van der Waals surface area contributed by atoms with E-state index in [0.29, 0.717) is 5.56 Å². The lowest BCUT2D eigenvalue weighted by Crippen LogP contribution is -1.97. The molecular formula is C9H9ClO3. The van der Waals surface area contributed by atoms with Gasteiger partial charge >= 0.3 is 0 Å². The Kier molecular flexibility index (Phi) is 2.48. The molecule has 70 valence electrons. The van der Waals surface area contributed by atoms with Gasteiger partial charge in [-0.05, 0) is 19.4 Å². The highest BCUT2D eigenvalue weighted by atomic mass is 35.5. The van der Waals surface area contributed by atoms with E-state index in [0.717, 1.165) is 6.07 Å². The Balaban J connectivity index is 3.53. The second-order valence-electron chi connectivity index (χ2n) is 2.78. The van der Waals surface area contributed by atoms with Gasteiger partial charge in [-0.25, -0.2) is 0 Å². The molecule has 0 saturated heterocycles.